The van der Waals surface area contributed by atoms with Crippen molar-refractivity contribution in [3.8, 4) is 0 Å². The third-order valence-electron chi connectivity index (χ3n) is 3.09. The number of para-hydroxylation sites is 1. The van der Waals surface area contributed by atoms with Crippen LogP contribution in [0.4, 0.5) is 5.69 Å². The molecule has 0 heterocycles. The second-order valence-electron chi connectivity index (χ2n) is 5.38. The topological polar surface area (TPSA) is 58.6 Å². The average Bonchev–Trinajstić information content (AvgIpc) is 2.31. The predicted octanol–water partition coefficient (Wildman–Crippen LogP) is 3.52. The lowest BCUT2D eigenvalue weighted by Gasteiger charge is -2.35. The number of anilines is 1. The minimum atomic E-state index is -1.11. The van der Waals surface area contributed by atoms with Crippen LogP contribution in [0.15, 0.2) is 28.7 Å². The number of aliphatic carboxylic acids is 1. The lowest BCUT2D eigenvalue weighted by Crippen LogP contribution is -2.49. The van der Waals surface area contributed by atoms with Crippen molar-refractivity contribution in [3.63, 3.8) is 0 Å². The van der Waals surface area contributed by atoms with Gasteiger partial charge in [-0.3, -0.25) is 0 Å². The molecule has 106 valence electrons. The lowest BCUT2D eigenvalue weighted by molar-refractivity contribution is -0.144. The van der Waals surface area contributed by atoms with E-state index >= 15 is 0 Å². The molecule has 2 N–H and O–H groups in total. The maximum absolute atomic E-state index is 11.6. The van der Waals surface area contributed by atoms with Crippen LogP contribution in [0.2, 0.25) is 0 Å². The van der Waals surface area contributed by atoms with Crippen molar-refractivity contribution in [2.45, 2.75) is 38.3 Å². The van der Waals surface area contributed by atoms with Gasteiger partial charge in [0.1, 0.15) is 5.54 Å². The summed E-state index contributed by atoms with van der Waals surface area (Å²) >= 11 is 3.41. The van der Waals surface area contributed by atoms with Crippen LogP contribution in [0.25, 0.3) is 0 Å². The fraction of sp³-hybridized carbons (Fsp3) is 0.500. The summed E-state index contributed by atoms with van der Waals surface area (Å²) in [5.74, 6) is -0.909. The number of ether oxygens (including phenoxy) is 1. The molecule has 1 aromatic carbocycles. The molecule has 19 heavy (non-hydrogen) atoms. The molecule has 0 fully saturated rings. The predicted molar refractivity (Wildman–Crippen MR) is 79.5 cm³/mol. The summed E-state index contributed by atoms with van der Waals surface area (Å²) in [6.45, 7) is 5.40. The van der Waals surface area contributed by atoms with E-state index in [1.54, 1.807) is 14.0 Å². The fourth-order valence-corrected chi connectivity index (χ4v) is 2.34. The Balaban J connectivity index is 3.01. The maximum Gasteiger partial charge on any atom is 0.329 e. The van der Waals surface area contributed by atoms with Gasteiger partial charge in [-0.2, -0.15) is 0 Å². The van der Waals surface area contributed by atoms with Crippen molar-refractivity contribution < 1.29 is 14.6 Å². The molecule has 0 saturated heterocycles. The van der Waals surface area contributed by atoms with E-state index in [0.29, 0.717) is 6.42 Å². The van der Waals surface area contributed by atoms with Crippen LogP contribution in [0.5, 0.6) is 0 Å². The van der Waals surface area contributed by atoms with Crippen molar-refractivity contribution in [3.05, 3.63) is 28.7 Å². The summed E-state index contributed by atoms with van der Waals surface area (Å²) in [6, 6.07) is 7.44. The van der Waals surface area contributed by atoms with E-state index in [9.17, 15) is 9.90 Å². The molecule has 0 saturated carbocycles. The monoisotopic (exact) mass is 329 g/mol. The number of carbonyl (C=O) groups is 1. The first-order chi connectivity index (χ1) is 8.70. The summed E-state index contributed by atoms with van der Waals surface area (Å²) in [4.78, 5) is 11.6. The van der Waals surface area contributed by atoms with E-state index in [-0.39, 0.29) is 0 Å². The van der Waals surface area contributed by atoms with Gasteiger partial charge in [-0.25, -0.2) is 4.79 Å². The Kier molecular flexibility index (Phi) is 4.98. The molecular weight excluding hydrogens is 310 g/mol. The number of rotatable bonds is 6. The number of carboxylic acid groups (broad SMARTS) is 1. The Morgan fingerprint density at radius 3 is 2.42 bits per heavy atom. The van der Waals surface area contributed by atoms with E-state index < -0.39 is 17.1 Å². The van der Waals surface area contributed by atoms with Crippen LogP contribution in [0.3, 0.4) is 0 Å². The first kappa shape index (κ1) is 16.0. The third kappa shape index (κ3) is 4.21. The summed E-state index contributed by atoms with van der Waals surface area (Å²) in [7, 11) is 1.58. The van der Waals surface area contributed by atoms with Gasteiger partial charge in [0.25, 0.3) is 0 Å². The van der Waals surface area contributed by atoms with E-state index in [1.165, 1.54) is 0 Å². The summed E-state index contributed by atoms with van der Waals surface area (Å²) < 4.78 is 6.17. The van der Waals surface area contributed by atoms with E-state index in [1.807, 2.05) is 38.1 Å². The zero-order valence-electron chi connectivity index (χ0n) is 11.7. The van der Waals surface area contributed by atoms with Crippen LogP contribution in [-0.2, 0) is 9.53 Å². The molecule has 0 aliphatic rings. The van der Waals surface area contributed by atoms with E-state index in [0.717, 1.165) is 10.2 Å². The molecular formula is C14H20BrNO3. The maximum atomic E-state index is 11.6. The normalized spacial score (nSPS) is 14.8. The smallest absolute Gasteiger partial charge is 0.329 e. The van der Waals surface area contributed by atoms with Crippen LogP contribution >= 0.6 is 15.9 Å². The Morgan fingerprint density at radius 2 is 1.95 bits per heavy atom. The standard InChI is InChI=1S/C14H20BrNO3/c1-13(2,19-4)9-14(3,12(17)18)16-11-8-6-5-7-10(11)15/h5-8,16H,9H2,1-4H3,(H,17,18). The Hall–Kier alpha value is -1.07. The number of halogens is 1. The van der Waals surface area contributed by atoms with Gasteiger partial charge >= 0.3 is 5.97 Å². The molecule has 0 bridgehead atoms. The Bertz CT molecular complexity index is 462. The molecule has 1 unspecified atom stereocenters. The van der Waals surface area contributed by atoms with Crippen molar-refractivity contribution in [2.24, 2.45) is 0 Å². The SMILES string of the molecule is COC(C)(C)CC(C)(Nc1ccccc1Br)C(=O)O. The van der Waals surface area contributed by atoms with Crippen LogP contribution in [0.1, 0.15) is 27.2 Å². The van der Waals surface area contributed by atoms with E-state index in [4.69, 9.17) is 4.74 Å². The second kappa shape index (κ2) is 5.92. The fourth-order valence-electron chi connectivity index (χ4n) is 1.96. The average molecular weight is 330 g/mol. The third-order valence-corrected chi connectivity index (χ3v) is 3.78. The molecule has 1 aromatic rings. The van der Waals surface area contributed by atoms with Gasteiger partial charge in [0.15, 0.2) is 0 Å². The van der Waals surface area contributed by atoms with Gasteiger partial charge < -0.3 is 15.2 Å². The van der Waals surface area contributed by atoms with Crippen LogP contribution < -0.4 is 5.32 Å². The van der Waals surface area contributed by atoms with Gasteiger partial charge in [-0.15, -0.1) is 0 Å². The van der Waals surface area contributed by atoms with Gasteiger partial charge in [0.05, 0.1) is 5.60 Å². The van der Waals surface area contributed by atoms with Gasteiger partial charge in [0, 0.05) is 23.7 Å². The molecule has 1 atom stereocenters. The molecule has 0 aliphatic carbocycles. The highest BCUT2D eigenvalue weighted by Crippen LogP contribution is 2.30. The zero-order chi connectivity index (χ0) is 14.7. The number of hydrogen-bond donors (Lipinski definition) is 2. The number of methoxy groups -OCH3 is 1. The molecule has 0 aromatic heterocycles. The van der Waals surface area contributed by atoms with Gasteiger partial charge in [0.2, 0.25) is 0 Å². The summed E-state index contributed by atoms with van der Waals surface area (Å²) in [5, 5.41) is 12.6. The Morgan fingerprint density at radius 1 is 1.37 bits per heavy atom. The van der Waals surface area contributed by atoms with Crippen LogP contribution in [0, 0.1) is 0 Å². The minimum absolute atomic E-state index is 0.340. The molecule has 1 rings (SSSR count). The quantitative estimate of drug-likeness (QED) is 0.838. The second-order valence-corrected chi connectivity index (χ2v) is 6.24. The molecule has 0 spiro atoms. The zero-order valence-corrected chi connectivity index (χ0v) is 13.2. The number of carboxylic acids is 1. The highest BCUT2D eigenvalue weighted by molar-refractivity contribution is 9.10. The number of benzene rings is 1. The van der Waals surface area contributed by atoms with Crippen LogP contribution in [-0.4, -0.2) is 29.3 Å². The van der Waals surface area contributed by atoms with E-state index in [2.05, 4.69) is 21.2 Å². The highest BCUT2D eigenvalue weighted by atomic mass is 79.9. The minimum Gasteiger partial charge on any atom is -0.480 e. The van der Waals surface area contributed by atoms with Crippen molar-refractivity contribution in [1.29, 1.82) is 0 Å². The van der Waals surface area contributed by atoms with Crippen molar-refractivity contribution >= 4 is 27.6 Å². The largest absolute Gasteiger partial charge is 0.480 e. The molecule has 0 amide bonds. The number of hydrogen-bond acceptors (Lipinski definition) is 3. The molecule has 0 aliphatic heterocycles. The first-order valence-corrected chi connectivity index (χ1v) is 6.81. The van der Waals surface area contributed by atoms with Gasteiger partial charge in [-0.05, 0) is 48.8 Å². The lowest BCUT2D eigenvalue weighted by atomic mass is 9.87. The van der Waals surface area contributed by atoms with Gasteiger partial charge in [-0.1, -0.05) is 12.1 Å². The molecule has 0 radical (unpaired) electrons. The highest BCUT2D eigenvalue weighted by Gasteiger charge is 2.39. The molecule has 4 nitrogen and oxygen atoms in total. The van der Waals surface area contributed by atoms with Crippen molar-refractivity contribution in [1.82, 2.24) is 0 Å². The van der Waals surface area contributed by atoms with Crippen molar-refractivity contribution in [2.75, 3.05) is 12.4 Å². The summed E-state index contributed by atoms with van der Waals surface area (Å²) in [5.41, 5.74) is -0.885. The summed E-state index contributed by atoms with van der Waals surface area (Å²) in [6.07, 6.45) is 0.340. The molecule has 5 heteroatoms. The number of nitrogens with one attached hydrogen (secondary N) is 1. The first-order valence-electron chi connectivity index (χ1n) is 6.01. The Labute approximate surface area is 122 Å².